The van der Waals surface area contributed by atoms with Crippen molar-refractivity contribution in [1.29, 1.82) is 0 Å². The Labute approximate surface area is 122 Å². The second-order valence-corrected chi connectivity index (χ2v) is 5.07. The Morgan fingerprint density at radius 3 is 2.75 bits per heavy atom. The van der Waals surface area contributed by atoms with E-state index in [9.17, 15) is 4.79 Å². The van der Waals surface area contributed by atoms with Gasteiger partial charge in [-0.15, -0.1) is 11.3 Å². The van der Waals surface area contributed by atoms with Crippen LogP contribution in [0.25, 0.3) is 0 Å². The molecule has 0 aliphatic rings. The highest BCUT2D eigenvalue weighted by Crippen LogP contribution is 2.11. The number of amides is 1. The molecule has 1 amide bonds. The molecule has 0 saturated carbocycles. The molecule has 0 fully saturated rings. The topological polar surface area (TPSA) is 68.0 Å². The maximum Gasteiger partial charge on any atom is 0.251 e. The van der Waals surface area contributed by atoms with Gasteiger partial charge in [0.2, 0.25) is 0 Å². The van der Waals surface area contributed by atoms with Crippen molar-refractivity contribution in [3.8, 4) is 11.8 Å². The summed E-state index contributed by atoms with van der Waals surface area (Å²) in [6.45, 7) is 2.77. The minimum atomic E-state index is -0.101. The number of carbonyl (C=O) groups is 1. The van der Waals surface area contributed by atoms with Gasteiger partial charge in [0.05, 0.1) is 24.3 Å². The van der Waals surface area contributed by atoms with E-state index in [1.807, 2.05) is 19.1 Å². The predicted octanol–water partition coefficient (Wildman–Crippen LogP) is 1.69. The highest BCUT2D eigenvalue weighted by Gasteiger charge is 2.07. The van der Waals surface area contributed by atoms with Crippen LogP contribution in [0, 0.1) is 18.8 Å². The van der Waals surface area contributed by atoms with Crippen LogP contribution in [-0.4, -0.2) is 17.4 Å². The largest absolute Gasteiger partial charge is 0.347 e. The van der Waals surface area contributed by atoms with Gasteiger partial charge in [-0.3, -0.25) is 4.79 Å². The van der Waals surface area contributed by atoms with Gasteiger partial charge in [-0.25, -0.2) is 4.98 Å². The smallest absolute Gasteiger partial charge is 0.251 e. The fourth-order valence-corrected chi connectivity index (χ4v) is 2.33. The third-order valence-corrected chi connectivity index (χ3v) is 3.67. The zero-order chi connectivity index (χ0) is 14.4. The number of nitrogens with one attached hydrogen (secondary N) is 1. The molecule has 0 saturated heterocycles. The molecule has 0 aliphatic heterocycles. The van der Waals surface area contributed by atoms with E-state index in [1.54, 1.807) is 29.0 Å². The molecule has 1 aromatic heterocycles. The Kier molecular flexibility index (Phi) is 4.88. The van der Waals surface area contributed by atoms with E-state index in [2.05, 4.69) is 22.1 Å². The van der Waals surface area contributed by atoms with Crippen LogP contribution in [-0.2, 0) is 6.54 Å². The SMILES string of the molecule is Cc1ncsc1CNC(=O)c1ccc(C#CCN)cc1. The lowest BCUT2D eigenvalue weighted by Gasteiger charge is -2.04. The second kappa shape index (κ2) is 6.85. The van der Waals surface area contributed by atoms with E-state index < -0.39 is 0 Å². The Bertz CT molecular complexity index is 650. The first-order valence-corrected chi connectivity index (χ1v) is 7.05. The van der Waals surface area contributed by atoms with Crippen molar-refractivity contribution in [2.45, 2.75) is 13.5 Å². The van der Waals surface area contributed by atoms with Crippen LogP contribution >= 0.6 is 11.3 Å². The molecule has 102 valence electrons. The number of aryl methyl sites for hydroxylation is 1. The molecular weight excluding hydrogens is 270 g/mol. The monoisotopic (exact) mass is 285 g/mol. The maximum absolute atomic E-state index is 12.0. The zero-order valence-electron chi connectivity index (χ0n) is 11.1. The quantitative estimate of drug-likeness (QED) is 0.843. The molecule has 0 unspecified atom stereocenters. The molecule has 1 heterocycles. The van der Waals surface area contributed by atoms with Gasteiger partial charge >= 0.3 is 0 Å². The molecule has 4 nitrogen and oxygen atoms in total. The lowest BCUT2D eigenvalue weighted by Crippen LogP contribution is -2.22. The number of hydrogen-bond donors (Lipinski definition) is 2. The molecule has 20 heavy (non-hydrogen) atoms. The molecule has 2 aromatic rings. The average Bonchev–Trinajstić information content (AvgIpc) is 2.88. The number of aromatic nitrogens is 1. The van der Waals surface area contributed by atoms with Crippen LogP contribution in [0.4, 0.5) is 0 Å². The third kappa shape index (κ3) is 3.67. The van der Waals surface area contributed by atoms with Crippen molar-refractivity contribution in [3.05, 3.63) is 51.5 Å². The van der Waals surface area contributed by atoms with E-state index >= 15 is 0 Å². The summed E-state index contributed by atoms with van der Waals surface area (Å²) in [5.74, 6) is 5.59. The summed E-state index contributed by atoms with van der Waals surface area (Å²) in [4.78, 5) is 17.2. The summed E-state index contributed by atoms with van der Waals surface area (Å²) in [5, 5.41) is 2.88. The Morgan fingerprint density at radius 1 is 1.40 bits per heavy atom. The molecule has 2 rings (SSSR count). The van der Waals surface area contributed by atoms with E-state index in [0.29, 0.717) is 18.7 Å². The van der Waals surface area contributed by atoms with Gasteiger partial charge in [0.25, 0.3) is 5.91 Å². The van der Waals surface area contributed by atoms with Gasteiger partial charge in [-0.2, -0.15) is 0 Å². The second-order valence-electron chi connectivity index (χ2n) is 4.13. The molecule has 0 radical (unpaired) electrons. The van der Waals surface area contributed by atoms with Gasteiger partial charge in [0, 0.05) is 16.0 Å². The van der Waals surface area contributed by atoms with Crippen molar-refractivity contribution in [2.75, 3.05) is 6.54 Å². The molecule has 5 heteroatoms. The number of rotatable bonds is 3. The summed E-state index contributed by atoms with van der Waals surface area (Å²) < 4.78 is 0. The highest BCUT2D eigenvalue weighted by atomic mass is 32.1. The van der Waals surface area contributed by atoms with Gasteiger partial charge in [-0.1, -0.05) is 11.8 Å². The first kappa shape index (κ1) is 14.3. The van der Waals surface area contributed by atoms with E-state index in [0.717, 1.165) is 16.1 Å². The standard InChI is InChI=1S/C15H15N3OS/c1-11-14(20-10-18-11)9-17-15(19)13-6-4-12(5-7-13)3-2-8-16/h4-7,10H,8-9,16H2,1H3,(H,17,19). The number of hydrogen-bond acceptors (Lipinski definition) is 4. The van der Waals surface area contributed by atoms with Crippen molar-refractivity contribution in [3.63, 3.8) is 0 Å². The molecule has 1 aromatic carbocycles. The van der Waals surface area contributed by atoms with Crippen molar-refractivity contribution in [1.82, 2.24) is 10.3 Å². The number of benzene rings is 1. The molecule has 0 atom stereocenters. The van der Waals surface area contributed by atoms with Crippen LogP contribution in [0.3, 0.4) is 0 Å². The zero-order valence-corrected chi connectivity index (χ0v) is 12.0. The van der Waals surface area contributed by atoms with Crippen LogP contribution in [0.15, 0.2) is 29.8 Å². The summed E-state index contributed by atoms with van der Waals surface area (Å²) in [6, 6.07) is 7.15. The summed E-state index contributed by atoms with van der Waals surface area (Å²) in [6.07, 6.45) is 0. The predicted molar refractivity (Wildman–Crippen MR) is 80.4 cm³/mol. The number of carbonyl (C=O) groups excluding carboxylic acids is 1. The molecule has 3 N–H and O–H groups in total. The summed E-state index contributed by atoms with van der Waals surface area (Å²) in [7, 11) is 0. The molecule has 0 aliphatic carbocycles. The third-order valence-electron chi connectivity index (χ3n) is 2.74. The van der Waals surface area contributed by atoms with Gasteiger partial charge < -0.3 is 11.1 Å². The van der Waals surface area contributed by atoms with Crippen molar-refractivity contribution >= 4 is 17.2 Å². The van der Waals surface area contributed by atoms with Crippen molar-refractivity contribution < 1.29 is 4.79 Å². The number of thiazole rings is 1. The molecule has 0 bridgehead atoms. The fraction of sp³-hybridized carbons (Fsp3) is 0.200. The van der Waals surface area contributed by atoms with E-state index in [-0.39, 0.29) is 5.91 Å². The molecule has 0 spiro atoms. The lowest BCUT2D eigenvalue weighted by atomic mass is 10.1. The van der Waals surface area contributed by atoms with Crippen LogP contribution < -0.4 is 11.1 Å². The number of nitrogens with two attached hydrogens (primary N) is 1. The van der Waals surface area contributed by atoms with Gasteiger partial charge in [0.15, 0.2) is 0 Å². The van der Waals surface area contributed by atoms with Crippen LogP contribution in [0.5, 0.6) is 0 Å². The van der Waals surface area contributed by atoms with E-state index in [4.69, 9.17) is 5.73 Å². The highest BCUT2D eigenvalue weighted by molar-refractivity contribution is 7.09. The summed E-state index contributed by atoms with van der Waals surface area (Å²) >= 11 is 1.54. The molecular formula is C15H15N3OS. The minimum absolute atomic E-state index is 0.101. The normalized spacial score (nSPS) is 9.70. The Balaban J connectivity index is 1.97. The first-order chi connectivity index (χ1) is 9.70. The maximum atomic E-state index is 12.0. The fourth-order valence-electron chi connectivity index (χ4n) is 1.62. The van der Waals surface area contributed by atoms with Crippen LogP contribution in [0.2, 0.25) is 0 Å². The van der Waals surface area contributed by atoms with E-state index in [1.165, 1.54) is 0 Å². The van der Waals surface area contributed by atoms with Gasteiger partial charge in [0.1, 0.15) is 0 Å². The minimum Gasteiger partial charge on any atom is -0.347 e. The van der Waals surface area contributed by atoms with Crippen LogP contribution in [0.1, 0.15) is 26.5 Å². The Hall–Kier alpha value is -2.16. The van der Waals surface area contributed by atoms with Gasteiger partial charge in [-0.05, 0) is 31.2 Å². The first-order valence-electron chi connectivity index (χ1n) is 6.17. The number of nitrogens with zero attached hydrogens (tertiary/aromatic N) is 1. The average molecular weight is 285 g/mol. The summed E-state index contributed by atoms with van der Waals surface area (Å²) in [5.41, 5.74) is 9.52. The van der Waals surface area contributed by atoms with Crippen molar-refractivity contribution in [2.24, 2.45) is 5.73 Å². The lowest BCUT2D eigenvalue weighted by molar-refractivity contribution is 0.0951. The Morgan fingerprint density at radius 2 is 2.15 bits per heavy atom.